The van der Waals surface area contributed by atoms with E-state index < -0.39 is 11.7 Å². The number of benzene rings is 1. The van der Waals surface area contributed by atoms with E-state index in [1.807, 2.05) is 0 Å². The van der Waals surface area contributed by atoms with Crippen molar-refractivity contribution in [1.29, 1.82) is 0 Å². The zero-order valence-corrected chi connectivity index (χ0v) is 12.1. The fourth-order valence-corrected chi connectivity index (χ4v) is 1.82. The molecule has 0 saturated heterocycles. The summed E-state index contributed by atoms with van der Waals surface area (Å²) >= 11 is 6.05. The van der Waals surface area contributed by atoms with Gasteiger partial charge < -0.3 is 14.8 Å². The molecule has 1 aromatic rings. The number of rotatable bonds is 1. The van der Waals surface area contributed by atoms with Crippen LogP contribution in [-0.4, -0.2) is 24.2 Å². The molecule has 2 rings (SSSR count). The van der Waals surface area contributed by atoms with E-state index in [9.17, 15) is 9.59 Å². The molecule has 0 atom stereocenters. The zero-order valence-electron chi connectivity index (χ0n) is 11.4. The lowest BCUT2D eigenvalue weighted by molar-refractivity contribution is -0.118. The number of ether oxygens (including phenoxy) is 2. The Bertz CT molecular complexity index is 566. The third-order valence-corrected chi connectivity index (χ3v) is 2.65. The molecule has 7 heteroatoms. The number of carbonyl (C=O) groups excluding carboxylic acids is 2. The van der Waals surface area contributed by atoms with Gasteiger partial charge in [-0.3, -0.25) is 10.1 Å². The third-order valence-electron chi connectivity index (χ3n) is 2.34. The molecule has 2 N–H and O–H groups in total. The second kappa shape index (κ2) is 5.20. The van der Waals surface area contributed by atoms with E-state index in [4.69, 9.17) is 21.1 Å². The molecule has 0 saturated carbocycles. The molecule has 20 heavy (non-hydrogen) atoms. The maximum Gasteiger partial charge on any atom is 0.412 e. The first kappa shape index (κ1) is 14.5. The van der Waals surface area contributed by atoms with Crippen molar-refractivity contribution in [3.05, 3.63) is 17.2 Å². The monoisotopic (exact) mass is 298 g/mol. The molecule has 0 aliphatic carbocycles. The summed E-state index contributed by atoms with van der Waals surface area (Å²) < 4.78 is 10.4. The summed E-state index contributed by atoms with van der Waals surface area (Å²) in [6.45, 7) is 5.22. The minimum Gasteiger partial charge on any atom is -0.482 e. The zero-order chi connectivity index (χ0) is 14.9. The predicted molar refractivity (Wildman–Crippen MR) is 75.4 cm³/mol. The highest BCUT2D eigenvalue weighted by molar-refractivity contribution is 6.34. The minimum atomic E-state index is -0.612. The average molecular weight is 299 g/mol. The first-order chi connectivity index (χ1) is 9.24. The van der Waals surface area contributed by atoms with Gasteiger partial charge in [0, 0.05) is 6.07 Å². The van der Waals surface area contributed by atoms with Crippen LogP contribution in [-0.2, 0) is 9.53 Å². The fraction of sp³-hybridized carbons (Fsp3) is 0.385. The molecular weight excluding hydrogens is 284 g/mol. The fourth-order valence-electron chi connectivity index (χ4n) is 1.61. The molecule has 1 aromatic carbocycles. The highest BCUT2D eigenvalue weighted by Crippen LogP contribution is 2.36. The molecule has 108 valence electrons. The number of halogens is 1. The Morgan fingerprint density at radius 3 is 2.80 bits per heavy atom. The van der Waals surface area contributed by atoms with Gasteiger partial charge in [-0.15, -0.1) is 0 Å². The second-order valence-electron chi connectivity index (χ2n) is 5.29. The first-order valence-electron chi connectivity index (χ1n) is 6.01. The van der Waals surface area contributed by atoms with Crippen LogP contribution in [0.15, 0.2) is 12.1 Å². The Hall–Kier alpha value is -1.95. The first-order valence-corrected chi connectivity index (χ1v) is 6.38. The lowest BCUT2D eigenvalue weighted by Crippen LogP contribution is -2.28. The number of hydrogen-bond donors (Lipinski definition) is 2. The molecule has 0 spiro atoms. The van der Waals surface area contributed by atoms with Gasteiger partial charge in [-0.1, -0.05) is 11.6 Å². The highest BCUT2D eigenvalue weighted by Gasteiger charge is 2.21. The summed E-state index contributed by atoms with van der Waals surface area (Å²) in [6.07, 6.45) is -0.612. The van der Waals surface area contributed by atoms with E-state index in [1.54, 1.807) is 26.8 Å². The summed E-state index contributed by atoms with van der Waals surface area (Å²) in [7, 11) is 0. The topological polar surface area (TPSA) is 76.7 Å². The van der Waals surface area contributed by atoms with Gasteiger partial charge in [0.1, 0.15) is 11.4 Å². The molecule has 1 aliphatic rings. The molecular formula is C13H15ClN2O4. The van der Waals surface area contributed by atoms with Gasteiger partial charge in [-0.25, -0.2) is 4.79 Å². The Morgan fingerprint density at radius 2 is 2.15 bits per heavy atom. The Morgan fingerprint density at radius 1 is 1.45 bits per heavy atom. The molecule has 0 fully saturated rings. The van der Waals surface area contributed by atoms with Crippen LogP contribution in [0.5, 0.6) is 5.75 Å². The van der Waals surface area contributed by atoms with Crippen molar-refractivity contribution in [2.75, 3.05) is 17.2 Å². The number of nitrogens with one attached hydrogen (secondary N) is 2. The lowest BCUT2D eigenvalue weighted by Gasteiger charge is -2.22. The quantitative estimate of drug-likeness (QED) is 0.835. The predicted octanol–water partition coefficient (Wildman–Crippen LogP) is 3.02. The summed E-state index contributed by atoms with van der Waals surface area (Å²) in [5.74, 6) is 0.196. The number of amides is 2. The van der Waals surface area contributed by atoms with Gasteiger partial charge in [-0.2, -0.15) is 0 Å². The summed E-state index contributed by atoms with van der Waals surface area (Å²) in [5, 5.41) is 5.45. The molecule has 1 heterocycles. The largest absolute Gasteiger partial charge is 0.482 e. The van der Waals surface area contributed by atoms with Gasteiger partial charge >= 0.3 is 6.09 Å². The van der Waals surface area contributed by atoms with Crippen molar-refractivity contribution >= 4 is 35.0 Å². The van der Waals surface area contributed by atoms with E-state index in [0.717, 1.165) is 0 Å². The van der Waals surface area contributed by atoms with Crippen molar-refractivity contribution < 1.29 is 19.1 Å². The standard InChI is InChI=1S/C13H15ClN2O4/c1-13(2,3)20-12(18)16-8-5-10-9(4-7(8)14)15-11(17)6-19-10/h4-5H,6H2,1-3H3,(H,15,17)(H,16,18). The molecule has 0 unspecified atom stereocenters. The van der Waals surface area contributed by atoms with E-state index in [-0.39, 0.29) is 17.5 Å². The maximum absolute atomic E-state index is 11.7. The van der Waals surface area contributed by atoms with E-state index in [2.05, 4.69) is 10.6 Å². The van der Waals surface area contributed by atoms with Gasteiger partial charge in [0.2, 0.25) is 0 Å². The smallest absolute Gasteiger partial charge is 0.412 e. The number of carbonyl (C=O) groups is 2. The van der Waals surface area contributed by atoms with Crippen molar-refractivity contribution in [1.82, 2.24) is 0 Å². The van der Waals surface area contributed by atoms with Crippen molar-refractivity contribution in [3.63, 3.8) is 0 Å². The normalized spacial score (nSPS) is 13.9. The Kier molecular flexibility index (Phi) is 3.76. The SMILES string of the molecule is CC(C)(C)OC(=O)Nc1cc2c(cc1Cl)NC(=O)CO2. The molecule has 0 radical (unpaired) electrons. The van der Waals surface area contributed by atoms with Crippen LogP contribution < -0.4 is 15.4 Å². The van der Waals surface area contributed by atoms with Gasteiger partial charge in [0.25, 0.3) is 5.91 Å². The second-order valence-corrected chi connectivity index (χ2v) is 5.70. The molecule has 6 nitrogen and oxygen atoms in total. The molecule has 2 amide bonds. The molecule has 1 aliphatic heterocycles. The van der Waals surface area contributed by atoms with Crippen LogP contribution in [0.25, 0.3) is 0 Å². The summed E-state index contributed by atoms with van der Waals surface area (Å²) in [5.41, 5.74) is 0.228. The molecule has 0 bridgehead atoms. The van der Waals surface area contributed by atoms with E-state index in [1.165, 1.54) is 6.07 Å². The van der Waals surface area contributed by atoms with Crippen molar-refractivity contribution in [3.8, 4) is 5.75 Å². The number of fused-ring (bicyclic) bond motifs is 1. The van der Waals surface area contributed by atoms with Crippen molar-refractivity contribution in [2.24, 2.45) is 0 Å². The lowest BCUT2D eigenvalue weighted by atomic mass is 10.2. The van der Waals surface area contributed by atoms with Gasteiger partial charge in [-0.05, 0) is 26.8 Å². The number of anilines is 2. The summed E-state index contributed by atoms with van der Waals surface area (Å²) in [4.78, 5) is 22.9. The van der Waals surface area contributed by atoms with Crippen LogP contribution in [0.4, 0.5) is 16.2 Å². The third kappa shape index (κ3) is 3.54. The molecule has 0 aromatic heterocycles. The van der Waals surface area contributed by atoms with Crippen LogP contribution in [0.1, 0.15) is 20.8 Å². The number of hydrogen-bond acceptors (Lipinski definition) is 4. The Balaban J connectivity index is 2.17. The van der Waals surface area contributed by atoms with Gasteiger partial charge in [0.15, 0.2) is 6.61 Å². The van der Waals surface area contributed by atoms with Crippen molar-refractivity contribution in [2.45, 2.75) is 26.4 Å². The summed E-state index contributed by atoms with van der Waals surface area (Å²) in [6, 6.07) is 3.06. The average Bonchev–Trinajstić information content (AvgIpc) is 2.28. The highest BCUT2D eigenvalue weighted by atomic mass is 35.5. The van der Waals surface area contributed by atoms with Gasteiger partial charge in [0.05, 0.1) is 16.4 Å². The van der Waals surface area contributed by atoms with Crippen LogP contribution in [0, 0.1) is 0 Å². The van der Waals surface area contributed by atoms with Crippen LogP contribution >= 0.6 is 11.6 Å². The van der Waals surface area contributed by atoms with Crippen LogP contribution in [0.2, 0.25) is 5.02 Å². The minimum absolute atomic E-state index is 0.0689. The Labute approximate surface area is 121 Å². The van der Waals surface area contributed by atoms with E-state index >= 15 is 0 Å². The van der Waals surface area contributed by atoms with E-state index in [0.29, 0.717) is 17.1 Å². The maximum atomic E-state index is 11.7. The van der Waals surface area contributed by atoms with Crippen LogP contribution in [0.3, 0.4) is 0 Å².